The third-order valence-corrected chi connectivity index (χ3v) is 3.66. The molecule has 1 heterocycles. The zero-order valence-corrected chi connectivity index (χ0v) is 12.5. The summed E-state index contributed by atoms with van der Waals surface area (Å²) in [6.45, 7) is 9.73. The van der Waals surface area contributed by atoms with Crippen LogP contribution in [-0.4, -0.2) is 23.6 Å². The fourth-order valence-corrected chi connectivity index (χ4v) is 2.18. The van der Waals surface area contributed by atoms with Crippen molar-refractivity contribution in [2.24, 2.45) is 0 Å². The van der Waals surface area contributed by atoms with Crippen LogP contribution in [0.1, 0.15) is 32.3 Å². The quantitative estimate of drug-likeness (QED) is 0.776. The maximum Gasteiger partial charge on any atom is 0.129 e. The molecule has 0 unspecified atom stereocenters. The Morgan fingerprint density at radius 2 is 2.32 bits per heavy atom. The van der Waals surface area contributed by atoms with Gasteiger partial charge in [-0.2, -0.15) is 0 Å². The van der Waals surface area contributed by atoms with Gasteiger partial charge < -0.3 is 10.2 Å². The Bertz CT molecular complexity index is 441. The third-order valence-electron chi connectivity index (χ3n) is 3.32. The molecule has 0 radical (unpaired) electrons. The van der Waals surface area contributed by atoms with Crippen LogP contribution in [0.15, 0.2) is 24.9 Å². The molecule has 0 amide bonds. The second-order valence-electron chi connectivity index (χ2n) is 5.32. The lowest BCUT2D eigenvalue weighted by Gasteiger charge is -2.27. The van der Waals surface area contributed by atoms with E-state index < -0.39 is 0 Å². The van der Waals surface area contributed by atoms with Gasteiger partial charge in [0.25, 0.3) is 0 Å². The highest BCUT2D eigenvalue weighted by Gasteiger charge is 2.21. The number of rotatable bonds is 7. The van der Waals surface area contributed by atoms with Crippen molar-refractivity contribution in [1.82, 2.24) is 10.3 Å². The summed E-state index contributed by atoms with van der Waals surface area (Å²) in [5.41, 5.74) is 1.12. The van der Waals surface area contributed by atoms with E-state index in [2.05, 4.69) is 41.7 Å². The Morgan fingerprint density at radius 1 is 1.58 bits per heavy atom. The van der Waals surface area contributed by atoms with Crippen LogP contribution in [0.3, 0.4) is 0 Å². The molecule has 1 fully saturated rings. The minimum Gasteiger partial charge on any atom is -0.350 e. The molecule has 3 nitrogen and oxygen atoms in total. The van der Waals surface area contributed by atoms with Gasteiger partial charge in [-0.3, -0.25) is 0 Å². The zero-order valence-electron chi connectivity index (χ0n) is 11.7. The van der Waals surface area contributed by atoms with Crippen molar-refractivity contribution in [1.29, 1.82) is 0 Å². The van der Waals surface area contributed by atoms with E-state index in [0.717, 1.165) is 29.5 Å². The van der Waals surface area contributed by atoms with E-state index in [1.165, 1.54) is 12.8 Å². The highest BCUT2D eigenvalue weighted by molar-refractivity contribution is 6.31. The molecule has 0 spiro atoms. The molecular formula is C15H22ClN3. The third kappa shape index (κ3) is 3.95. The van der Waals surface area contributed by atoms with Crippen molar-refractivity contribution >= 4 is 17.4 Å². The molecular weight excluding hydrogens is 258 g/mol. The SMILES string of the molecule is C=CCN(c1cc(CNC2CC2)c(Cl)cn1)C(C)C. The number of nitrogens with one attached hydrogen (secondary N) is 1. The molecule has 0 aromatic carbocycles. The minimum atomic E-state index is 0.385. The largest absolute Gasteiger partial charge is 0.350 e. The number of pyridine rings is 1. The Hall–Kier alpha value is -1.06. The lowest BCUT2D eigenvalue weighted by atomic mass is 10.2. The summed E-state index contributed by atoms with van der Waals surface area (Å²) in [6, 6.07) is 3.15. The van der Waals surface area contributed by atoms with Crippen molar-refractivity contribution < 1.29 is 0 Å². The van der Waals surface area contributed by atoms with Gasteiger partial charge in [0.1, 0.15) is 5.82 Å². The smallest absolute Gasteiger partial charge is 0.129 e. The Kier molecular flexibility index (Phi) is 4.83. The summed E-state index contributed by atoms with van der Waals surface area (Å²) in [7, 11) is 0. The van der Waals surface area contributed by atoms with E-state index in [1.54, 1.807) is 6.20 Å². The summed E-state index contributed by atoms with van der Waals surface area (Å²) in [6.07, 6.45) is 6.21. The van der Waals surface area contributed by atoms with E-state index >= 15 is 0 Å². The Labute approximate surface area is 120 Å². The Morgan fingerprint density at radius 3 is 2.89 bits per heavy atom. The first-order chi connectivity index (χ1) is 9.11. The lowest BCUT2D eigenvalue weighted by Crippen LogP contribution is -2.31. The van der Waals surface area contributed by atoms with Gasteiger partial charge in [-0.15, -0.1) is 6.58 Å². The average Bonchev–Trinajstić information content (AvgIpc) is 3.19. The van der Waals surface area contributed by atoms with Gasteiger partial charge in [0.2, 0.25) is 0 Å². The van der Waals surface area contributed by atoms with Crippen molar-refractivity contribution in [3.05, 3.63) is 35.5 Å². The maximum atomic E-state index is 6.22. The highest BCUT2D eigenvalue weighted by Crippen LogP contribution is 2.24. The fraction of sp³-hybridized carbons (Fsp3) is 0.533. The second-order valence-corrected chi connectivity index (χ2v) is 5.73. The molecule has 1 N–H and O–H groups in total. The highest BCUT2D eigenvalue weighted by atomic mass is 35.5. The normalized spacial score (nSPS) is 14.7. The van der Waals surface area contributed by atoms with Crippen molar-refractivity contribution in [2.45, 2.75) is 45.3 Å². The molecule has 4 heteroatoms. The van der Waals surface area contributed by atoms with Gasteiger partial charge in [0.05, 0.1) is 5.02 Å². The van der Waals surface area contributed by atoms with Crippen LogP contribution >= 0.6 is 11.6 Å². The van der Waals surface area contributed by atoms with Crippen LogP contribution < -0.4 is 10.2 Å². The first kappa shape index (κ1) is 14.4. The number of hydrogen-bond donors (Lipinski definition) is 1. The van der Waals surface area contributed by atoms with Gasteiger partial charge >= 0.3 is 0 Å². The van der Waals surface area contributed by atoms with Crippen LogP contribution in [0.4, 0.5) is 5.82 Å². The fourth-order valence-electron chi connectivity index (χ4n) is 2.01. The first-order valence-corrected chi connectivity index (χ1v) is 7.25. The van der Waals surface area contributed by atoms with E-state index in [-0.39, 0.29) is 0 Å². The summed E-state index contributed by atoms with van der Waals surface area (Å²) < 4.78 is 0. The molecule has 1 aromatic rings. The van der Waals surface area contributed by atoms with Gasteiger partial charge in [-0.1, -0.05) is 17.7 Å². The van der Waals surface area contributed by atoms with Crippen molar-refractivity contribution in [3.8, 4) is 0 Å². The summed E-state index contributed by atoms with van der Waals surface area (Å²) in [5, 5.41) is 4.23. The molecule has 2 rings (SSSR count). The molecule has 1 aliphatic rings. The average molecular weight is 280 g/mol. The molecule has 1 saturated carbocycles. The molecule has 0 atom stereocenters. The van der Waals surface area contributed by atoms with Crippen molar-refractivity contribution in [3.63, 3.8) is 0 Å². The molecule has 0 bridgehead atoms. The molecule has 0 saturated heterocycles. The number of halogens is 1. The van der Waals surface area contributed by atoms with Crippen LogP contribution in [0.5, 0.6) is 0 Å². The monoisotopic (exact) mass is 279 g/mol. The number of nitrogens with zero attached hydrogens (tertiary/aromatic N) is 2. The molecule has 104 valence electrons. The molecule has 19 heavy (non-hydrogen) atoms. The zero-order chi connectivity index (χ0) is 13.8. The number of anilines is 1. The number of aromatic nitrogens is 1. The standard InChI is InChI=1S/C15H22ClN3/c1-4-7-19(11(2)3)15-8-12(14(16)10-18-15)9-17-13-5-6-13/h4,8,10-11,13,17H,1,5-7,9H2,2-3H3. The van der Waals surface area contributed by atoms with Crippen LogP contribution in [0.25, 0.3) is 0 Å². The van der Waals surface area contributed by atoms with Crippen molar-refractivity contribution in [2.75, 3.05) is 11.4 Å². The summed E-state index contributed by atoms with van der Waals surface area (Å²) in [5.74, 6) is 0.965. The van der Waals surface area contributed by atoms with E-state index in [1.807, 2.05) is 6.08 Å². The van der Waals surface area contributed by atoms with Gasteiger partial charge in [-0.25, -0.2) is 4.98 Å². The molecule has 1 aromatic heterocycles. The van der Waals surface area contributed by atoms with E-state index in [4.69, 9.17) is 11.6 Å². The van der Waals surface area contributed by atoms with Gasteiger partial charge in [0, 0.05) is 31.4 Å². The predicted octanol–water partition coefficient (Wildman–Crippen LogP) is 3.39. The molecule has 0 aliphatic heterocycles. The predicted molar refractivity (Wildman–Crippen MR) is 81.8 cm³/mol. The van der Waals surface area contributed by atoms with Crippen LogP contribution in [0, 0.1) is 0 Å². The second kappa shape index (κ2) is 6.40. The molecule has 1 aliphatic carbocycles. The minimum absolute atomic E-state index is 0.385. The summed E-state index contributed by atoms with van der Waals surface area (Å²) >= 11 is 6.22. The van der Waals surface area contributed by atoms with Crippen LogP contribution in [-0.2, 0) is 6.54 Å². The van der Waals surface area contributed by atoms with E-state index in [0.29, 0.717) is 12.1 Å². The van der Waals surface area contributed by atoms with Gasteiger partial charge in [-0.05, 0) is 38.3 Å². The lowest BCUT2D eigenvalue weighted by molar-refractivity contribution is 0.682. The Balaban J connectivity index is 2.14. The van der Waals surface area contributed by atoms with E-state index in [9.17, 15) is 0 Å². The van der Waals surface area contributed by atoms with Gasteiger partial charge in [0.15, 0.2) is 0 Å². The maximum absolute atomic E-state index is 6.22. The topological polar surface area (TPSA) is 28.2 Å². The summed E-state index contributed by atoms with van der Waals surface area (Å²) in [4.78, 5) is 6.65. The van der Waals surface area contributed by atoms with Crippen LogP contribution in [0.2, 0.25) is 5.02 Å². The number of hydrogen-bond acceptors (Lipinski definition) is 3. The first-order valence-electron chi connectivity index (χ1n) is 6.87.